The van der Waals surface area contributed by atoms with Gasteiger partial charge >= 0.3 is 0 Å². The second kappa shape index (κ2) is 8.25. The number of nitrogens with zero attached hydrogens (tertiary/aromatic N) is 2. The third-order valence-corrected chi connectivity index (χ3v) is 6.20. The Kier molecular flexibility index (Phi) is 6.64. The topological polar surface area (TPSA) is 62.9 Å². The molecule has 0 aromatic rings. The number of nitrogens with two attached hydrogens (primary N) is 1. The molecule has 0 aromatic heterocycles. The van der Waals surface area contributed by atoms with Crippen molar-refractivity contribution in [1.82, 2.24) is 10.2 Å². The standard InChI is InChI=1S/C15H30N4OS/c1-3-19-8-4-5-13(19)11-17-14(16)18-12-15(21-2)6-9-20-10-7-15/h13H,3-12H2,1-2H3,(H3,16,17,18). The van der Waals surface area contributed by atoms with Crippen molar-refractivity contribution >= 4 is 17.7 Å². The molecule has 1 unspecified atom stereocenters. The Labute approximate surface area is 133 Å². The van der Waals surface area contributed by atoms with Crippen molar-refractivity contribution in [2.75, 3.05) is 45.6 Å². The molecule has 0 aromatic carbocycles. The summed E-state index contributed by atoms with van der Waals surface area (Å²) in [7, 11) is 0. The maximum atomic E-state index is 6.05. The molecule has 2 aliphatic rings. The van der Waals surface area contributed by atoms with Gasteiger partial charge in [-0.25, -0.2) is 0 Å². The number of likely N-dealkylation sites (tertiary alicyclic amines) is 1. The molecule has 5 nitrogen and oxygen atoms in total. The van der Waals surface area contributed by atoms with E-state index in [-0.39, 0.29) is 4.75 Å². The van der Waals surface area contributed by atoms with Crippen LogP contribution in [0.5, 0.6) is 0 Å². The molecule has 2 aliphatic heterocycles. The van der Waals surface area contributed by atoms with E-state index in [0.29, 0.717) is 12.0 Å². The second-order valence-corrected chi connectivity index (χ2v) is 7.28. The molecular weight excluding hydrogens is 284 g/mol. The van der Waals surface area contributed by atoms with E-state index in [1.54, 1.807) is 0 Å². The Morgan fingerprint density at radius 3 is 2.90 bits per heavy atom. The average Bonchev–Trinajstić information content (AvgIpc) is 2.99. The highest BCUT2D eigenvalue weighted by Gasteiger charge is 2.31. The third-order valence-electron chi connectivity index (χ3n) is 4.80. The van der Waals surface area contributed by atoms with Crippen LogP contribution >= 0.6 is 11.8 Å². The molecule has 0 bridgehead atoms. The van der Waals surface area contributed by atoms with Crippen LogP contribution in [0.15, 0.2) is 4.99 Å². The van der Waals surface area contributed by atoms with E-state index in [4.69, 9.17) is 10.5 Å². The first-order valence-electron chi connectivity index (χ1n) is 8.10. The summed E-state index contributed by atoms with van der Waals surface area (Å²) < 4.78 is 5.67. The molecule has 1 atom stereocenters. The van der Waals surface area contributed by atoms with Crippen LogP contribution in [0.3, 0.4) is 0 Å². The molecule has 3 N–H and O–H groups in total. The van der Waals surface area contributed by atoms with E-state index in [0.717, 1.165) is 45.7 Å². The summed E-state index contributed by atoms with van der Waals surface area (Å²) in [6.07, 6.45) is 6.86. The Hall–Kier alpha value is -0.460. The molecule has 0 amide bonds. The van der Waals surface area contributed by atoms with Gasteiger partial charge in [-0.1, -0.05) is 6.92 Å². The van der Waals surface area contributed by atoms with Gasteiger partial charge in [-0.2, -0.15) is 11.8 Å². The molecule has 2 fully saturated rings. The van der Waals surface area contributed by atoms with Crippen LogP contribution < -0.4 is 11.1 Å². The second-order valence-electron chi connectivity index (χ2n) is 6.01. The van der Waals surface area contributed by atoms with Gasteiger partial charge in [0, 0.05) is 30.5 Å². The number of aliphatic imine (C=N–C) groups is 1. The van der Waals surface area contributed by atoms with Gasteiger partial charge in [0.05, 0.1) is 6.54 Å². The van der Waals surface area contributed by atoms with Crippen LogP contribution in [0.1, 0.15) is 32.6 Å². The zero-order chi connectivity index (χ0) is 15.1. The monoisotopic (exact) mass is 314 g/mol. The lowest BCUT2D eigenvalue weighted by Crippen LogP contribution is -2.43. The van der Waals surface area contributed by atoms with Crippen LogP contribution in [0.2, 0.25) is 0 Å². The average molecular weight is 314 g/mol. The van der Waals surface area contributed by atoms with Gasteiger partial charge in [0.25, 0.3) is 0 Å². The van der Waals surface area contributed by atoms with Crippen molar-refractivity contribution in [2.45, 2.75) is 43.4 Å². The normalized spacial score (nSPS) is 27.0. The van der Waals surface area contributed by atoms with Crippen molar-refractivity contribution < 1.29 is 4.74 Å². The molecular formula is C15H30N4OS. The minimum atomic E-state index is 0.216. The first-order valence-corrected chi connectivity index (χ1v) is 9.32. The number of hydrogen-bond acceptors (Lipinski definition) is 4. The fourth-order valence-corrected chi connectivity index (χ4v) is 3.99. The summed E-state index contributed by atoms with van der Waals surface area (Å²) in [5.41, 5.74) is 6.05. The Balaban J connectivity index is 1.78. The third kappa shape index (κ3) is 4.76. The Morgan fingerprint density at radius 2 is 2.24 bits per heavy atom. The van der Waals surface area contributed by atoms with Crippen molar-refractivity contribution in [1.29, 1.82) is 0 Å². The van der Waals surface area contributed by atoms with E-state index >= 15 is 0 Å². The highest BCUT2D eigenvalue weighted by molar-refractivity contribution is 8.00. The van der Waals surface area contributed by atoms with Crippen LogP contribution in [-0.2, 0) is 4.74 Å². The van der Waals surface area contributed by atoms with Crippen molar-refractivity contribution in [3.8, 4) is 0 Å². The fourth-order valence-electron chi connectivity index (χ4n) is 3.22. The lowest BCUT2D eigenvalue weighted by Gasteiger charge is -2.34. The predicted molar refractivity (Wildman–Crippen MR) is 91.1 cm³/mol. The molecule has 0 radical (unpaired) electrons. The summed E-state index contributed by atoms with van der Waals surface area (Å²) in [6.45, 7) is 7.96. The first kappa shape index (κ1) is 16.9. The maximum absolute atomic E-state index is 6.05. The van der Waals surface area contributed by atoms with Gasteiger partial charge in [0.2, 0.25) is 0 Å². The summed E-state index contributed by atoms with van der Waals surface area (Å²) in [4.78, 5) is 7.11. The summed E-state index contributed by atoms with van der Waals surface area (Å²) >= 11 is 1.90. The van der Waals surface area contributed by atoms with Gasteiger partial charge in [-0.05, 0) is 45.0 Å². The smallest absolute Gasteiger partial charge is 0.188 e. The zero-order valence-corrected chi connectivity index (χ0v) is 14.3. The maximum Gasteiger partial charge on any atom is 0.188 e. The van der Waals surface area contributed by atoms with Crippen LogP contribution in [0.25, 0.3) is 0 Å². The quantitative estimate of drug-likeness (QED) is 0.571. The highest BCUT2D eigenvalue weighted by Crippen LogP contribution is 2.33. The number of likely N-dealkylation sites (N-methyl/N-ethyl adjacent to an activating group) is 1. The van der Waals surface area contributed by atoms with Gasteiger partial charge in [-0.15, -0.1) is 0 Å². The van der Waals surface area contributed by atoms with E-state index < -0.39 is 0 Å². The van der Waals surface area contributed by atoms with Gasteiger partial charge in [-0.3, -0.25) is 9.89 Å². The Bertz CT molecular complexity index is 345. The number of rotatable bonds is 6. The number of ether oxygens (including phenoxy) is 1. The van der Waals surface area contributed by atoms with Crippen molar-refractivity contribution in [2.24, 2.45) is 10.7 Å². The number of hydrogen-bond donors (Lipinski definition) is 2. The molecule has 122 valence electrons. The first-order chi connectivity index (χ1) is 10.2. The number of guanidine groups is 1. The lowest BCUT2D eigenvalue weighted by molar-refractivity contribution is 0.0794. The van der Waals surface area contributed by atoms with Crippen molar-refractivity contribution in [3.05, 3.63) is 0 Å². The predicted octanol–water partition coefficient (Wildman–Crippen LogP) is 1.29. The minimum Gasteiger partial charge on any atom is -0.381 e. The lowest BCUT2D eigenvalue weighted by atomic mass is 9.99. The molecule has 21 heavy (non-hydrogen) atoms. The molecule has 2 saturated heterocycles. The van der Waals surface area contributed by atoms with Crippen molar-refractivity contribution in [3.63, 3.8) is 0 Å². The molecule has 0 saturated carbocycles. The van der Waals surface area contributed by atoms with E-state index in [1.807, 2.05) is 11.8 Å². The van der Waals surface area contributed by atoms with E-state index in [1.165, 1.54) is 19.4 Å². The fraction of sp³-hybridized carbons (Fsp3) is 0.933. The van der Waals surface area contributed by atoms with Crippen LogP contribution in [0, 0.1) is 0 Å². The minimum absolute atomic E-state index is 0.216. The largest absolute Gasteiger partial charge is 0.381 e. The zero-order valence-electron chi connectivity index (χ0n) is 13.4. The van der Waals surface area contributed by atoms with Gasteiger partial charge in [0.1, 0.15) is 0 Å². The molecule has 2 heterocycles. The molecule has 0 spiro atoms. The summed E-state index contributed by atoms with van der Waals surface area (Å²) in [6, 6.07) is 0.612. The highest BCUT2D eigenvalue weighted by atomic mass is 32.2. The summed E-state index contributed by atoms with van der Waals surface area (Å²) in [5, 5.41) is 3.32. The number of thioether (sulfide) groups is 1. The molecule has 0 aliphatic carbocycles. The summed E-state index contributed by atoms with van der Waals surface area (Å²) in [5.74, 6) is 0.595. The molecule has 6 heteroatoms. The van der Waals surface area contributed by atoms with E-state index in [2.05, 4.69) is 28.4 Å². The van der Waals surface area contributed by atoms with Gasteiger partial charge in [0.15, 0.2) is 5.96 Å². The SMILES string of the molecule is CCN1CCCC1CNC(N)=NCC1(SC)CCOCC1. The van der Waals surface area contributed by atoms with Gasteiger partial charge < -0.3 is 15.8 Å². The molecule has 2 rings (SSSR count). The van der Waals surface area contributed by atoms with Crippen LogP contribution in [0.4, 0.5) is 0 Å². The van der Waals surface area contributed by atoms with Crippen LogP contribution in [-0.4, -0.2) is 67.3 Å². The van der Waals surface area contributed by atoms with E-state index in [9.17, 15) is 0 Å². The Morgan fingerprint density at radius 1 is 1.48 bits per heavy atom. The number of nitrogens with one attached hydrogen (secondary N) is 1.